The fourth-order valence-corrected chi connectivity index (χ4v) is 1.75. The average Bonchev–Trinajstić information content (AvgIpc) is 2.88. The summed E-state index contributed by atoms with van der Waals surface area (Å²) >= 11 is 0. The van der Waals surface area contributed by atoms with Gasteiger partial charge in [-0.05, 0) is 0 Å². The molecule has 1 heterocycles. The largest absolute Gasteiger partial charge is 0.444 e. The Labute approximate surface area is 118 Å². The van der Waals surface area contributed by atoms with Crippen LogP contribution < -0.4 is 5.32 Å². The van der Waals surface area contributed by atoms with Crippen LogP contribution in [-0.2, 0) is 19.5 Å². The van der Waals surface area contributed by atoms with E-state index in [-0.39, 0.29) is 18.7 Å². The first kappa shape index (κ1) is 15.0. The summed E-state index contributed by atoms with van der Waals surface area (Å²) in [5, 5.41) is 13.5. The monoisotopic (exact) mass is 297 g/mol. The topological polar surface area (TPSA) is 81.2 Å². The number of aromatic nitrogens is 1. The molecule has 0 unspecified atom stereocenters. The Morgan fingerprint density at radius 3 is 2.71 bits per heavy atom. The Bertz CT molecular complexity index is 658. The van der Waals surface area contributed by atoms with Crippen LogP contribution in [0.1, 0.15) is 24.1 Å². The molecule has 8 heteroatoms. The zero-order valence-electron chi connectivity index (χ0n) is 11.2. The van der Waals surface area contributed by atoms with Gasteiger partial charge in [0.15, 0.2) is 0 Å². The predicted molar refractivity (Wildman–Crippen MR) is 69.4 cm³/mol. The molecule has 0 spiro atoms. The number of oxazole rings is 1. The van der Waals surface area contributed by atoms with Crippen LogP contribution in [0.15, 0.2) is 22.7 Å². The van der Waals surface area contributed by atoms with E-state index in [0.717, 1.165) is 11.8 Å². The molecule has 0 radical (unpaired) electrons. The van der Waals surface area contributed by atoms with Crippen molar-refractivity contribution in [1.82, 2.24) is 10.3 Å². The molecule has 0 aliphatic carbocycles. The number of rotatable bonds is 6. The first-order chi connectivity index (χ1) is 10.0. The van der Waals surface area contributed by atoms with Crippen LogP contribution in [-0.4, -0.2) is 9.91 Å². The van der Waals surface area contributed by atoms with Gasteiger partial charge >= 0.3 is 5.69 Å². The Balaban J connectivity index is 2.02. The standard InChI is InChI=1S/C13H13F2N3O3/c1-2-9-6-17-13(21-9)7-16-5-8-3-12(18(19)20)11(15)4-10(8)14/h3-4,6,16H,2,5,7H2,1H3. The molecule has 1 aromatic heterocycles. The molecular weight excluding hydrogens is 284 g/mol. The molecule has 2 aromatic rings. The Morgan fingerprint density at radius 1 is 1.33 bits per heavy atom. The van der Waals surface area contributed by atoms with Gasteiger partial charge in [0.05, 0.1) is 17.7 Å². The molecule has 0 amide bonds. The van der Waals surface area contributed by atoms with Crippen LogP contribution in [0, 0.1) is 21.7 Å². The highest BCUT2D eigenvalue weighted by Gasteiger charge is 2.18. The van der Waals surface area contributed by atoms with Gasteiger partial charge in [-0.25, -0.2) is 9.37 Å². The molecule has 112 valence electrons. The van der Waals surface area contributed by atoms with Crippen LogP contribution in [0.5, 0.6) is 0 Å². The third kappa shape index (κ3) is 3.60. The van der Waals surface area contributed by atoms with Gasteiger partial charge in [0.25, 0.3) is 0 Å². The molecule has 6 nitrogen and oxygen atoms in total. The first-order valence-corrected chi connectivity index (χ1v) is 6.28. The van der Waals surface area contributed by atoms with Gasteiger partial charge < -0.3 is 9.73 Å². The zero-order valence-corrected chi connectivity index (χ0v) is 11.2. The highest BCUT2D eigenvalue weighted by molar-refractivity contribution is 5.37. The van der Waals surface area contributed by atoms with Crippen molar-refractivity contribution in [3.8, 4) is 0 Å². The number of nitrogens with one attached hydrogen (secondary N) is 1. The molecule has 1 N–H and O–H groups in total. The summed E-state index contributed by atoms with van der Waals surface area (Å²) in [6.07, 6.45) is 2.31. The number of aryl methyl sites for hydroxylation is 1. The third-order valence-electron chi connectivity index (χ3n) is 2.85. The molecular formula is C13H13F2N3O3. The van der Waals surface area contributed by atoms with Gasteiger partial charge in [-0.2, -0.15) is 4.39 Å². The lowest BCUT2D eigenvalue weighted by atomic mass is 10.2. The lowest BCUT2D eigenvalue weighted by Crippen LogP contribution is -2.14. The second-order valence-corrected chi connectivity index (χ2v) is 4.33. The van der Waals surface area contributed by atoms with Crippen molar-refractivity contribution in [1.29, 1.82) is 0 Å². The van der Waals surface area contributed by atoms with Gasteiger partial charge in [-0.1, -0.05) is 6.92 Å². The van der Waals surface area contributed by atoms with E-state index in [9.17, 15) is 18.9 Å². The summed E-state index contributed by atoms with van der Waals surface area (Å²) < 4.78 is 32.1. The maximum atomic E-state index is 13.5. The van der Waals surface area contributed by atoms with Crippen molar-refractivity contribution in [3.63, 3.8) is 0 Å². The maximum Gasteiger partial charge on any atom is 0.305 e. The third-order valence-corrected chi connectivity index (χ3v) is 2.85. The number of nitro benzene ring substituents is 1. The molecule has 1 aromatic carbocycles. The van der Waals surface area contributed by atoms with Crippen molar-refractivity contribution in [3.05, 3.63) is 57.3 Å². The number of hydrogen-bond acceptors (Lipinski definition) is 5. The maximum absolute atomic E-state index is 13.5. The van der Waals surface area contributed by atoms with Gasteiger partial charge in [0.2, 0.25) is 11.7 Å². The van der Waals surface area contributed by atoms with E-state index in [1.165, 1.54) is 0 Å². The van der Waals surface area contributed by atoms with Crippen LogP contribution in [0.3, 0.4) is 0 Å². The zero-order chi connectivity index (χ0) is 15.4. The SMILES string of the molecule is CCc1cnc(CNCc2cc([N+](=O)[O-])c(F)cc2F)o1. The number of nitro groups is 1. The molecule has 0 atom stereocenters. The Kier molecular flexibility index (Phi) is 4.59. The molecule has 0 aliphatic rings. The summed E-state index contributed by atoms with van der Waals surface area (Å²) in [6.45, 7) is 2.16. The lowest BCUT2D eigenvalue weighted by molar-refractivity contribution is -0.387. The summed E-state index contributed by atoms with van der Waals surface area (Å²) in [5.74, 6) is -0.868. The van der Waals surface area contributed by atoms with Gasteiger partial charge in [-0.15, -0.1) is 0 Å². The molecule has 0 saturated carbocycles. The van der Waals surface area contributed by atoms with Crippen LogP contribution in [0.4, 0.5) is 14.5 Å². The minimum atomic E-state index is -1.19. The van der Waals surface area contributed by atoms with Crippen LogP contribution in [0.2, 0.25) is 0 Å². The minimum absolute atomic E-state index is 0.00318. The van der Waals surface area contributed by atoms with Crippen molar-refractivity contribution in [2.24, 2.45) is 0 Å². The summed E-state index contributed by atoms with van der Waals surface area (Å²) in [4.78, 5) is 13.7. The van der Waals surface area contributed by atoms with Gasteiger partial charge in [-0.3, -0.25) is 10.1 Å². The molecule has 0 saturated heterocycles. The number of nitrogens with zero attached hydrogens (tertiary/aromatic N) is 2. The average molecular weight is 297 g/mol. The normalized spacial score (nSPS) is 10.8. The molecule has 2 rings (SSSR count). The van der Waals surface area contributed by atoms with Gasteiger partial charge in [0.1, 0.15) is 11.6 Å². The van der Waals surface area contributed by atoms with E-state index in [4.69, 9.17) is 4.42 Å². The van der Waals surface area contributed by atoms with Crippen molar-refractivity contribution >= 4 is 5.69 Å². The van der Waals surface area contributed by atoms with Gasteiger partial charge in [0, 0.05) is 30.7 Å². The summed E-state index contributed by atoms with van der Waals surface area (Å²) in [6, 6.07) is 1.39. The molecule has 0 bridgehead atoms. The predicted octanol–water partition coefficient (Wildman–Crippen LogP) is 2.71. The first-order valence-electron chi connectivity index (χ1n) is 6.28. The van der Waals surface area contributed by atoms with E-state index in [2.05, 4.69) is 10.3 Å². The van der Waals surface area contributed by atoms with Crippen LogP contribution in [0.25, 0.3) is 0 Å². The van der Waals surface area contributed by atoms with E-state index < -0.39 is 22.2 Å². The number of halogens is 2. The number of benzene rings is 1. The fourth-order valence-electron chi connectivity index (χ4n) is 1.75. The highest BCUT2D eigenvalue weighted by Crippen LogP contribution is 2.21. The van der Waals surface area contributed by atoms with Crippen molar-refractivity contribution < 1.29 is 18.1 Å². The minimum Gasteiger partial charge on any atom is -0.444 e. The van der Waals surface area contributed by atoms with E-state index >= 15 is 0 Å². The molecule has 21 heavy (non-hydrogen) atoms. The van der Waals surface area contributed by atoms with Crippen molar-refractivity contribution in [2.75, 3.05) is 0 Å². The summed E-state index contributed by atoms with van der Waals surface area (Å²) in [5.41, 5.74) is -0.747. The second-order valence-electron chi connectivity index (χ2n) is 4.33. The number of hydrogen-bond donors (Lipinski definition) is 1. The van der Waals surface area contributed by atoms with Crippen LogP contribution >= 0.6 is 0 Å². The Hall–Kier alpha value is -2.35. The van der Waals surface area contributed by atoms with Crippen molar-refractivity contribution in [2.45, 2.75) is 26.4 Å². The Morgan fingerprint density at radius 2 is 2.10 bits per heavy atom. The second kappa shape index (κ2) is 6.40. The quantitative estimate of drug-likeness (QED) is 0.655. The van der Waals surface area contributed by atoms with E-state index in [1.54, 1.807) is 6.20 Å². The smallest absolute Gasteiger partial charge is 0.305 e. The highest BCUT2D eigenvalue weighted by atomic mass is 19.1. The van der Waals surface area contributed by atoms with E-state index in [1.807, 2.05) is 6.92 Å². The fraction of sp³-hybridized carbons (Fsp3) is 0.308. The lowest BCUT2D eigenvalue weighted by Gasteiger charge is -2.05. The molecule has 0 aliphatic heterocycles. The molecule has 0 fully saturated rings. The summed E-state index contributed by atoms with van der Waals surface area (Å²) in [7, 11) is 0. The van der Waals surface area contributed by atoms with E-state index in [0.29, 0.717) is 18.4 Å².